The van der Waals surface area contributed by atoms with E-state index in [9.17, 15) is 22.7 Å². The fourth-order valence-electron chi connectivity index (χ4n) is 1.97. The van der Waals surface area contributed by atoms with Crippen LogP contribution >= 0.6 is 0 Å². The van der Waals surface area contributed by atoms with E-state index in [0.29, 0.717) is 30.6 Å². The minimum absolute atomic E-state index is 0.119. The average Bonchev–Trinajstić information content (AvgIpc) is 2.84. The lowest BCUT2D eigenvalue weighted by molar-refractivity contribution is -0.137. The molecule has 0 spiro atoms. The van der Waals surface area contributed by atoms with Gasteiger partial charge in [0, 0.05) is 18.5 Å². The highest BCUT2D eigenvalue weighted by Gasteiger charge is 2.32. The van der Waals surface area contributed by atoms with Crippen molar-refractivity contribution in [1.82, 2.24) is 14.8 Å². The van der Waals surface area contributed by atoms with Gasteiger partial charge in [-0.2, -0.15) is 18.3 Å². The highest BCUT2D eigenvalue weighted by Crippen LogP contribution is 2.32. The first-order chi connectivity index (χ1) is 9.82. The summed E-state index contributed by atoms with van der Waals surface area (Å²) in [6, 6.07) is 1.96. The van der Waals surface area contributed by atoms with Crippen molar-refractivity contribution >= 4 is 0 Å². The van der Waals surface area contributed by atoms with Crippen molar-refractivity contribution in [1.29, 1.82) is 0 Å². The first-order valence-corrected chi connectivity index (χ1v) is 6.24. The monoisotopic (exact) mass is 303 g/mol. The molecular weight excluding hydrogens is 290 g/mol. The fourth-order valence-corrected chi connectivity index (χ4v) is 1.97. The minimum atomic E-state index is -4.59. The summed E-state index contributed by atoms with van der Waals surface area (Å²) in [7, 11) is 0. The molecular formula is C13H13F4N3O. The molecule has 0 saturated carbocycles. The van der Waals surface area contributed by atoms with E-state index in [1.165, 1.54) is 11.0 Å². The van der Waals surface area contributed by atoms with Crippen LogP contribution in [0.4, 0.5) is 17.6 Å². The predicted molar refractivity (Wildman–Crippen MR) is 65.8 cm³/mol. The van der Waals surface area contributed by atoms with Gasteiger partial charge in [0.05, 0.1) is 11.7 Å². The second kappa shape index (κ2) is 5.80. The van der Waals surface area contributed by atoms with E-state index in [1.54, 1.807) is 6.92 Å². The van der Waals surface area contributed by atoms with Crippen LogP contribution in [0, 0.1) is 5.82 Å². The summed E-state index contributed by atoms with van der Waals surface area (Å²) in [6.45, 7) is 2.29. The van der Waals surface area contributed by atoms with Crippen LogP contribution in [0.3, 0.4) is 0 Å². The molecule has 114 valence electrons. The molecule has 0 aliphatic carbocycles. The van der Waals surface area contributed by atoms with Crippen LogP contribution in [0.1, 0.15) is 30.0 Å². The van der Waals surface area contributed by atoms with Gasteiger partial charge in [-0.25, -0.2) is 9.37 Å². The summed E-state index contributed by atoms with van der Waals surface area (Å²) in [6.07, 6.45) is -4.87. The second-order valence-corrected chi connectivity index (χ2v) is 4.45. The molecule has 8 heteroatoms. The largest absolute Gasteiger partial charge is 0.416 e. The Morgan fingerprint density at radius 1 is 1.33 bits per heavy atom. The summed E-state index contributed by atoms with van der Waals surface area (Å²) in [5.74, 6) is -0.514. The number of benzene rings is 1. The highest BCUT2D eigenvalue weighted by molar-refractivity contribution is 5.29. The first kappa shape index (κ1) is 15.4. The first-order valence-electron chi connectivity index (χ1n) is 6.24. The van der Waals surface area contributed by atoms with Crippen LogP contribution in [-0.2, 0) is 19.1 Å². The second-order valence-electron chi connectivity index (χ2n) is 4.45. The van der Waals surface area contributed by atoms with Gasteiger partial charge in [0.15, 0.2) is 0 Å². The number of aryl methyl sites for hydroxylation is 1. The molecule has 0 bridgehead atoms. The molecule has 1 atom stereocenters. The molecule has 0 fully saturated rings. The normalized spacial score (nSPS) is 13.4. The molecule has 0 amide bonds. The van der Waals surface area contributed by atoms with Gasteiger partial charge in [-0.1, -0.05) is 0 Å². The lowest BCUT2D eigenvalue weighted by atomic mass is 10.0. The summed E-state index contributed by atoms with van der Waals surface area (Å²) in [5.41, 5.74) is -1.41. The Morgan fingerprint density at radius 3 is 2.67 bits per heavy atom. The van der Waals surface area contributed by atoms with E-state index >= 15 is 0 Å². The summed E-state index contributed by atoms with van der Waals surface area (Å²) in [5, 5.41) is 13.9. The molecule has 1 aromatic carbocycles. The number of aliphatic hydroxyl groups is 1. The smallest absolute Gasteiger partial charge is 0.388 e. The van der Waals surface area contributed by atoms with E-state index in [4.69, 9.17) is 0 Å². The zero-order chi connectivity index (χ0) is 15.6. The van der Waals surface area contributed by atoms with Gasteiger partial charge in [-0.15, -0.1) is 0 Å². The number of hydrogen-bond donors (Lipinski definition) is 1. The zero-order valence-electron chi connectivity index (χ0n) is 11.1. The third-order valence-corrected chi connectivity index (χ3v) is 3.05. The minimum Gasteiger partial charge on any atom is -0.388 e. The van der Waals surface area contributed by atoms with Crippen LogP contribution in [0.5, 0.6) is 0 Å². The topological polar surface area (TPSA) is 50.9 Å². The van der Waals surface area contributed by atoms with Crippen molar-refractivity contribution in [3.05, 3.63) is 47.3 Å². The molecule has 1 heterocycles. The van der Waals surface area contributed by atoms with Crippen LogP contribution < -0.4 is 0 Å². The summed E-state index contributed by atoms with van der Waals surface area (Å²) in [4.78, 5) is 3.90. The van der Waals surface area contributed by atoms with E-state index in [0.717, 1.165) is 0 Å². The van der Waals surface area contributed by atoms with E-state index in [2.05, 4.69) is 10.1 Å². The molecule has 1 N–H and O–H groups in total. The van der Waals surface area contributed by atoms with Gasteiger partial charge in [0.2, 0.25) is 0 Å². The number of nitrogens with zero attached hydrogens (tertiary/aromatic N) is 3. The van der Waals surface area contributed by atoms with Crippen molar-refractivity contribution in [2.24, 2.45) is 0 Å². The maximum atomic E-state index is 13.6. The number of halogens is 4. The standard InChI is InChI=1S/C13H13F4N3O/c1-2-20-12(18-7-19-20)6-11(21)9-5-8(13(15,16)17)3-4-10(9)14/h3-5,7,11,21H,2,6H2,1H3. The Hall–Kier alpha value is -1.96. The lowest BCUT2D eigenvalue weighted by Crippen LogP contribution is -2.12. The third kappa shape index (κ3) is 3.38. The van der Waals surface area contributed by atoms with Gasteiger partial charge in [0.1, 0.15) is 18.0 Å². The third-order valence-electron chi connectivity index (χ3n) is 3.05. The van der Waals surface area contributed by atoms with E-state index < -0.39 is 29.2 Å². The van der Waals surface area contributed by atoms with Gasteiger partial charge in [-0.3, -0.25) is 4.68 Å². The Kier molecular flexibility index (Phi) is 4.26. The van der Waals surface area contributed by atoms with Crippen LogP contribution in [0.25, 0.3) is 0 Å². The van der Waals surface area contributed by atoms with Gasteiger partial charge < -0.3 is 5.11 Å². The van der Waals surface area contributed by atoms with Crippen molar-refractivity contribution in [3.8, 4) is 0 Å². The summed E-state index contributed by atoms with van der Waals surface area (Å²) >= 11 is 0. The number of alkyl halides is 3. The van der Waals surface area contributed by atoms with E-state index in [1.807, 2.05) is 0 Å². The molecule has 21 heavy (non-hydrogen) atoms. The Labute approximate surface area is 118 Å². The molecule has 4 nitrogen and oxygen atoms in total. The maximum Gasteiger partial charge on any atom is 0.416 e. The summed E-state index contributed by atoms with van der Waals surface area (Å²) < 4.78 is 53.0. The SMILES string of the molecule is CCn1ncnc1CC(O)c1cc(C(F)(F)F)ccc1F. The molecule has 0 radical (unpaired) electrons. The van der Waals surface area contributed by atoms with Crippen molar-refractivity contribution in [2.45, 2.75) is 32.2 Å². The Balaban J connectivity index is 2.28. The van der Waals surface area contributed by atoms with E-state index in [-0.39, 0.29) is 6.42 Å². The van der Waals surface area contributed by atoms with Crippen LogP contribution in [0.15, 0.2) is 24.5 Å². The quantitative estimate of drug-likeness (QED) is 0.884. The fraction of sp³-hybridized carbons (Fsp3) is 0.385. The van der Waals surface area contributed by atoms with Gasteiger partial charge in [0.25, 0.3) is 0 Å². The van der Waals surface area contributed by atoms with Crippen molar-refractivity contribution in [3.63, 3.8) is 0 Å². The van der Waals surface area contributed by atoms with Gasteiger partial charge >= 0.3 is 6.18 Å². The van der Waals surface area contributed by atoms with Crippen molar-refractivity contribution in [2.75, 3.05) is 0 Å². The maximum absolute atomic E-state index is 13.6. The Morgan fingerprint density at radius 2 is 2.05 bits per heavy atom. The highest BCUT2D eigenvalue weighted by atomic mass is 19.4. The average molecular weight is 303 g/mol. The van der Waals surface area contributed by atoms with Crippen LogP contribution in [-0.4, -0.2) is 19.9 Å². The number of aromatic nitrogens is 3. The molecule has 1 unspecified atom stereocenters. The molecule has 2 aromatic rings. The van der Waals surface area contributed by atoms with Crippen LogP contribution in [0.2, 0.25) is 0 Å². The Bertz CT molecular complexity index is 624. The molecule has 0 aliphatic rings. The number of rotatable bonds is 4. The lowest BCUT2D eigenvalue weighted by Gasteiger charge is -2.14. The van der Waals surface area contributed by atoms with Crippen molar-refractivity contribution < 1.29 is 22.7 Å². The molecule has 2 rings (SSSR count). The number of hydrogen-bond acceptors (Lipinski definition) is 3. The predicted octanol–water partition coefficient (Wildman–Crippen LogP) is 2.73. The molecule has 0 aliphatic heterocycles. The molecule has 1 aromatic heterocycles. The number of aliphatic hydroxyl groups excluding tert-OH is 1. The molecule has 0 saturated heterocycles. The van der Waals surface area contributed by atoms with Gasteiger partial charge in [-0.05, 0) is 25.1 Å². The zero-order valence-corrected chi connectivity index (χ0v) is 11.1.